The average Bonchev–Trinajstić information content (AvgIpc) is 2.52. The molecule has 0 bridgehead atoms. The molecule has 0 N–H and O–H groups in total. The Bertz CT molecular complexity index is 276. The zero-order chi connectivity index (χ0) is 10.6. The van der Waals surface area contributed by atoms with Gasteiger partial charge in [-0.2, -0.15) is 13.9 Å². The first-order valence-electron chi connectivity index (χ1n) is 3.77. The monoisotopic (exact) mass is 212 g/mol. The summed E-state index contributed by atoms with van der Waals surface area (Å²) in [6, 6.07) is 1.29. The fourth-order valence-corrected chi connectivity index (χ4v) is 0.816. The summed E-state index contributed by atoms with van der Waals surface area (Å²) in [4.78, 5) is 0. The second-order valence-electron chi connectivity index (χ2n) is 2.47. The Hall–Kier alpha value is -1.11. The maximum atomic E-state index is 12.0. The van der Waals surface area contributed by atoms with Crippen LogP contribution in [-0.2, 0) is 11.3 Å². The van der Waals surface area contributed by atoms with Crippen molar-refractivity contribution in [1.82, 2.24) is 9.78 Å². The molecule has 1 aromatic heterocycles. The Morgan fingerprint density at radius 1 is 1.36 bits per heavy atom. The number of ether oxygens (including phenoxy) is 1. The van der Waals surface area contributed by atoms with E-state index in [1.807, 2.05) is 0 Å². The van der Waals surface area contributed by atoms with Gasteiger partial charge in [-0.1, -0.05) is 0 Å². The molecule has 3 nitrogen and oxygen atoms in total. The van der Waals surface area contributed by atoms with Crippen molar-refractivity contribution in [2.24, 2.45) is 0 Å². The number of hydrogen-bond acceptors (Lipinski definition) is 2. The first kappa shape index (κ1) is 11.0. The van der Waals surface area contributed by atoms with E-state index in [4.69, 9.17) is 0 Å². The Labute approximate surface area is 77.3 Å². The highest BCUT2D eigenvalue weighted by Crippen LogP contribution is 2.09. The zero-order valence-electron chi connectivity index (χ0n) is 7.04. The molecule has 0 aromatic carbocycles. The van der Waals surface area contributed by atoms with Gasteiger partial charge in [0.25, 0.3) is 6.43 Å². The molecule has 0 fully saturated rings. The molecule has 0 saturated heterocycles. The van der Waals surface area contributed by atoms with Crippen molar-refractivity contribution in [1.29, 1.82) is 0 Å². The van der Waals surface area contributed by atoms with Gasteiger partial charge in [0.05, 0.1) is 12.3 Å². The highest BCUT2D eigenvalue weighted by molar-refractivity contribution is 4.97. The van der Waals surface area contributed by atoms with Crippen molar-refractivity contribution in [3.63, 3.8) is 0 Å². The van der Waals surface area contributed by atoms with E-state index < -0.39 is 19.6 Å². The zero-order valence-corrected chi connectivity index (χ0v) is 7.04. The first-order chi connectivity index (χ1) is 6.59. The van der Waals surface area contributed by atoms with E-state index in [0.717, 1.165) is 6.20 Å². The van der Waals surface area contributed by atoms with Crippen molar-refractivity contribution < 1.29 is 22.3 Å². The van der Waals surface area contributed by atoms with Crippen LogP contribution in [0.3, 0.4) is 0 Å². The number of rotatable bonds is 5. The third kappa shape index (κ3) is 3.33. The molecule has 0 aliphatic carbocycles. The predicted molar refractivity (Wildman–Crippen MR) is 39.1 cm³/mol. The van der Waals surface area contributed by atoms with E-state index in [1.165, 1.54) is 6.07 Å². The van der Waals surface area contributed by atoms with Crippen LogP contribution < -0.4 is 0 Å². The molecule has 0 radical (unpaired) electrons. The Morgan fingerprint density at radius 3 is 2.57 bits per heavy atom. The van der Waals surface area contributed by atoms with Crippen LogP contribution in [0.5, 0.6) is 0 Å². The topological polar surface area (TPSA) is 27.1 Å². The summed E-state index contributed by atoms with van der Waals surface area (Å²) in [6.45, 7) is -3.63. The van der Waals surface area contributed by atoms with E-state index in [9.17, 15) is 17.6 Å². The van der Waals surface area contributed by atoms with Crippen molar-refractivity contribution in [2.75, 3.05) is 6.61 Å². The molecule has 7 heteroatoms. The molecule has 0 amide bonds. The molecule has 0 aliphatic heterocycles. The van der Waals surface area contributed by atoms with E-state index in [2.05, 4.69) is 9.84 Å². The summed E-state index contributed by atoms with van der Waals surface area (Å²) < 4.78 is 52.1. The molecule has 0 aliphatic rings. The summed E-state index contributed by atoms with van der Waals surface area (Å²) in [5.41, 5.74) is 0.200. The number of aromatic nitrogens is 2. The molecule has 0 spiro atoms. The lowest BCUT2D eigenvalue weighted by Gasteiger charge is -2.00. The normalized spacial score (nSPS) is 11.6. The standard InChI is InChI=1S/C7H8F4N2O/c8-6(9)4-14-3-5-1-2-13(12-5)7(10)11/h1-2,6-7H,3-4H2. The molecule has 80 valence electrons. The summed E-state index contributed by atoms with van der Waals surface area (Å²) in [7, 11) is 0. The molecule has 1 heterocycles. The maximum Gasteiger partial charge on any atom is 0.333 e. The van der Waals surface area contributed by atoms with Crippen LogP contribution in [-0.4, -0.2) is 22.8 Å². The molecular weight excluding hydrogens is 204 g/mol. The average molecular weight is 212 g/mol. The van der Waals surface area contributed by atoms with Crippen LogP contribution in [0.15, 0.2) is 12.3 Å². The summed E-state index contributed by atoms with van der Waals surface area (Å²) in [6.07, 6.45) is -1.50. The fraction of sp³-hybridized carbons (Fsp3) is 0.571. The minimum Gasteiger partial charge on any atom is -0.369 e. The lowest BCUT2D eigenvalue weighted by molar-refractivity contribution is 0.00748. The van der Waals surface area contributed by atoms with Crippen molar-refractivity contribution in [3.05, 3.63) is 18.0 Å². The second-order valence-corrected chi connectivity index (χ2v) is 2.47. The number of halogens is 4. The lowest BCUT2D eigenvalue weighted by atomic mass is 10.5. The third-order valence-electron chi connectivity index (χ3n) is 1.36. The van der Waals surface area contributed by atoms with Crippen molar-refractivity contribution >= 4 is 0 Å². The van der Waals surface area contributed by atoms with E-state index >= 15 is 0 Å². The van der Waals surface area contributed by atoms with Crippen LogP contribution in [0.2, 0.25) is 0 Å². The van der Waals surface area contributed by atoms with E-state index in [-0.39, 0.29) is 12.3 Å². The summed E-state index contributed by atoms with van der Waals surface area (Å²) in [5.74, 6) is 0. The molecular formula is C7H8F4N2O. The van der Waals surface area contributed by atoms with Gasteiger partial charge in [-0.25, -0.2) is 13.5 Å². The lowest BCUT2D eigenvalue weighted by Crippen LogP contribution is -2.05. The molecule has 1 aromatic rings. The van der Waals surface area contributed by atoms with Gasteiger partial charge in [-0.05, 0) is 6.07 Å². The first-order valence-corrected chi connectivity index (χ1v) is 3.77. The molecule has 1 rings (SSSR count). The van der Waals surface area contributed by atoms with Gasteiger partial charge in [0, 0.05) is 6.20 Å². The van der Waals surface area contributed by atoms with Crippen LogP contribution in [0, 0.1) is 0 Å². The van der Waals surface area contributed by atoms with Gasteiger partial charge in [0.15, 0.2) is 0 Å². The molecule has 0 saturated carbocycles. The molecule has 14 heavy (non-hydrogen) atoms. The van der Waals surface area contributed by atoms with Gasteiger partial charge >= 0.3 is 6.55 Å². The Morgan fingerprint density at radius 2 is 2.07 bits per heavy atom. The number of nitrogens with zero attached hydrogens (tertiary/aromatic N) is 2. The SMILES string of the molecule is FC(F)COCc1ccn(C(F)F)n1. The number of alkyl halides is 4. The molecule has 0 unspecified atom stereocenters. The maximum absolute atomic E-state index is 12.0. The third-order valence-corrected chi connectivity index (χ3v) is 1.36. The van der Waals surface area contributed by atoms with Crippen molar-refractivity contribution in [2.45, 2.75) is 19.6 Å². The molecule has 0 atom stereocenters. The van der Waals surface area contributed by atoms with Gasteiger partial charge < -0.3 is 4.74 Å². The predicted octanol–water partition coefficient (Wildman–Crippen LogP) is 2.06. The van der Waals surface area contributed by atoms with E-state index in [1.54, 1.807) is 0 Å². The van der Waals surface area contributed by atoms with Crippen LogP contribution in [0.1, 0.15) is 12.2 Å². The van der Waals surface area contributed by atoms with E-state index in [0.29, 0.717) is 4.68 Å². The number of hydrogen-bond donors (Lipinski definition) is 0. The Kier molecular flexibility index (Phi) is 3.87. The van der Waals surface area contributed by atoms with Gasteiger partial charge in [-0.15, -0.1) is 0 Å². The Balaban J connectivity index is 2.36. The second kappa shape index (κ2) is 4.94. The van der Waals surface area contributed by atoms with Gasteiger partial charge in [-0.3, -0.25) is 0 Å². The van der Waals surface area contributed by atoms with Crippen molar-refractivity contribution in [3.8, 4) is 0 Å². The highest BCUT2D eigenvalue weighted by atomic mass is 19.3. The highest BCUT2D eigenvalue weighted by Gasteiger charge is 2.08. The largest absolute Gasteiger partial charge is 0.369 e. The quantitative estimate of drug-likeness (QED) is 0.698. The minimum absolute atomic E-state index is 0.190. The summed E-state index contributed by atoms with van der Waals surface area (Å²) >= 11 is 0. The van der Waals surface area contributed by atoms with Gasteiger partial charge in [0.2, 0.25) is 0 Å². The van der Waals surface area contributed by atoms with Gasteiger partial charge in [0.1, 0.15) is 6.61 Å². The van der Waals surface area contributed by atoms with Crippen LogP contribution in [0.25, 0.3) is 0 Å². The van der Waals surface area contributed by atoms with Crippen LogP contribution >= 0.6 is 0 Å². The fourth-order valence-electron chi connectivity index (χ4n) is 0.816. The van der Waals surface area contributed by atoms with Crippen LogP contribution in [0.4, 0.5) is 17.6 Å². The minimum atomic E-state index is -2.72. The summed E-state index contributed by atoms with van der Waals surface area (Å²) in [5, 5.41) is 3.40. The smallest absolute Gasteiger partial charge is 0.333 e.